The third-order valence-electron chi connectivity index (χ3n) is 5.69. The fourth-order valence-electron chi connectivity index (χ4n) is 3.62. The van der Waals surface area contributed by atoms with Crippen molar-refractivity contribution in [2.75, 3.05) is 5.32 Å². The maximum atomic E-state index is 13.2. The molecule has 3 aromatic rings. The highest BCUT2D eigenvalue weighted by Gasteiger charge is 2.31. The number of carbonyl (C=O) groups excluding carboxylic acids is 2. The molecule has 0 aliphatic carbocycles. The van der Waals surface area contributed by atoms with E-state index in [0.29, 0.717) is 35.6 Å². The molecular formula is C28H30F3N3O3. The molecule has 196 valence electrons. The second-order valence-corrected chi connectivity index (χ2v) is 8.53. The number of anilines is 1. The van der Waals surface area contributed by atoms with Gasteiger partial charge in [0.25, 0.3) is 0 Å². The van der Waals surface area contributed by atoms with Gasteiger partial charge in [0, 0.05) is 30.9 Å². The van der Waals surface area contributed by atoms with Gasteiger partial charge in [0.2, 0.25) is 0 Å². The first kappa shape index (κ1) is 27.7. The monoisotopic (exact) mass is 513 g/mol. The van der Waals surface area contributed by atoms with E-state index < -0.39 is 17.8 Å². The molecule has 0 aliphatic rings. The summed E-state index contributed by atoms with van der Waals surface area (Å²) in [5.41, 5.74) is 1.12. The van der Waals surface area contributed by atoms with Crippen LogP contribution < -0.4 is 15.4 Å². The molecule has 37 heavy (non-hydrogen) atoms. The van der Waals surface area contributed by atoms with Crippen LogP contribution in [0.3, 0.4) is 0 Å². The highest BCUT2D eigenvalue weighted by atomic mass is 19.4. The number of hydrogen-bond donors (Lipinski definition) is 2. The lowest BCUT2D eigenvalue weighted by Gasteiger charge is -2.15. The summed E-state index contributed by atoms with van der Waals surface area (Å²) in [4.78, 5) is 28.4. The number of aryl methyl sites for hydroxylation is 1. The van der Waals surface area contributed by atoms with Crippen molar-refractivity contribution in [3.63, 3.8) is 0 Å². The van der Waals surface area contributed by atoms with Crippen LogP contribution in [0, 0.1) is 0 Å². The van der Waals surface area contributed by atoms with E-state index in [1.807, 2.05) is 6.92 Å². The summed E-state index contributed by atoms with van der Waals surface area (Å²) >= 11 is 0. The lowest BCUT2D eigenvalue weighted by molar-refractivity contribution is -0.137. The summed E-state index contributed by atoms with van der Waals surface area (Å²) in [6, 6.07) is 13.0. The normalized spacial score (nSPS) is 11.2. The van der Waals surface area contributed by atoms with Crippen molar-refractivity contribution >= 4 is 17.5 Å². The van der Waals surface area contributed by atoms with Crippen LogP contribution in [0.4, 0.5) is 23.7 Å². The Balaban J connectivity index is 1.60. The minimum Gasteiger partial charge on any atom is -0.457 e. The number of halogens is 3. The number of unbranched alkanes of at least 4 members (excludes halogenated alkanes) is 2. The second kappa shape index (κ2) is 12.9. The Morgan fingerprint density at radius 1 is 0.946 bits per heavy atom. The quantitative estimate of drug-likeness (QED) is 0.205. The number of carbonyl (C=O) groups is 2. The molecule has 0 fully saturated rings. The highest BCUT2D eigenvalue weighted by Crippen LogP contribution is 2.33. The van der Waals surface area contributed by atoms with Gasteiger partial charge in [-0.3, -0.25) is 9.78 Å². The maximum Gasteiger partial charge on any atom is 0.416 e. The van der Waals surface area contributed by atoms with Crippen molar-refractivity contribution in [3.8, 4) is 11.5 Å². The number of Topliss-reactive ketones (excluding diaryl/α,β-unsaturated/α-hetero) is 1. The molecule has 6 nitrogen and oxygen atoms in total. The molecule has 0 saturated heterocycles. The number of hydrogen-bond acceptors (Lipinski definition) is 4. The average Bonchev–Trinajstić information content (AvgIpc) is 2.88. The van der Waals surface area contributed by atoms with Crippen molar-refractivity contribution in [2.45, 2.75) is 58.7 Å². The van der Waals surface area contributed by atoms with Gasteiger partial charge in [0.15, 0.2) is 5.78 Å². The molecule has 0 atom stereocenters. The van der Waals surface area contributed by atoms with Gasteiger partial charge in [0.1, 0.15) is 17.2 Å². The first-order valence-corrected chi connectivity index (χ1v) is 12.2. The zero-order chi connectivity index (χ0) is 26.8. The number of ether oxygens (including phenoxy) is 1. The zero-order valence-electron chi connectivity index (χ0n) is 20.8. The SMILES string of the molecule is CCCCCc1ccc(C(F)(F)F)cc1NC(=O)NCc1ccc(Oc2ccnc(C(=O)CC)c2)cc1. The van der Waals surface area contributed by atoms with Gasteiger partial charge in [0.05, 0.1) is 5.56 Å². The number of aromatic nitrogens is 1. The van der Waals surface area contributed by atoms with Gasteiger partial charge >= 0.3 is 12.2 Å². The predicted molar refractivity (Wildman–Crippen MR) is 136 cm³/mol. The maximum absolute atomic E-state index is 13.2. The molecule has 1 aromatic heterocycles. The lowest BCUT2D eigenvalue weighted by atomic mass is 10.0. The predicted octanol–water partition coefficient (Wildman–Crippen LogP) is 7.54. The third-order valence-corrected chi connectivity index (χ3v) is 5.69. The molecule has 2 N–H and O–H groups in total. The van der Waals surface area contributed by atoms with Crippen LogP contribution in [0.15, 0.2) is 60.8 Å². The average molecular weight is 514 g/mol. The molecule has 0 spiro atoms. The molecule has 0 bridgehead atoms. The molecule has 3 rings (SSSR count). The minimum atomic E-state index is -4.50. The van der Waals surface area contributed by atoms with Crippen molar-refractivity contribution in [2.24, 2.45) is 0 Å². The zero-order valence-corrected chi connectivity index (χ0v) is 20.8. The van der Waals surface area contributed by atoms with Gasteiger partial charge in [-0.1, -0.05) is 44.9 Å². The molecule has 0 saturated carbocycles. The van der Waals surface area contributed by atoms with Gasteiger partial charge in [-0.05, 0) is 54.3 Å². The first-order valence-electron chi connectivity index (χ1n) is 12.2. The van der Waals surface area contributed by atoms with E-state index in [9.17, 15) is 22.8 Å². The summed E-state index contributed by atoms with van der Waals surface area (Å²) in [6.07, 6.45) is 0.689. The molecule has 2 amide bonds. The number of rotatable bonds is 11. The fourth-order valence-corrected chi connectivity index (χ4v) is 3.62. The number of nitrogens with zero attached hydrogens (tertiary/aromatic N) is 1. The molecule has 0 unspecified atom stereocenters. The smallest absolute Gasteiger partial charge is 0.416 e. The lowest BCUT2D eigenvalue weighted by Crippen LogP contribution is -2.28. The highest BCUT2D eigenvalue weighted by molar-refractivity contribution is 5.94. The van der Waals surface area contributed by atoms with E-state index in [2.05, 4.69) is 15.6 Å². The summed E-state index contributed by atoms with van der Waals surface area (Å²) in [6.45, 7) is 3.97. The van der Waals surface area contributed by atoms with Gasteiger partial charge in [-0.25, -0.2) is 4.79 Å². The Kier molecular flexibility index (Phi) is 9.65. The Morgan fingerprint density at radius 3 is 2.38 bits per heavy atom. The van der Waals surface area contributed by atoms with E-state index in [-0.39, 0.29) is 18.0 Å². The summed E-state index contributed by atoms with van der Waals surface area (Å²) in [5.74, 6) is 0.936. The minimum absolute atomic E-state index is 0.0802. The Labute approximate surface area is 214 Å². The fraction of sp³-hybridized carbons (Fsp3) is 0.321. The number of alkyl halides is 3. The summed E-state index contributed by atoms with van der Waals surface area (Å²) < 4.78 is 45.4. The molecular weight excluding hydrogens is 483 g/mol. The number of pyridine rings is 1. The number of amides is 2. The van der Waals surface area contributed by atoms with Crippen molar-refractivity contribution in [1.29, 1.82) is 0 Å². The third kappa shape index (κ3) is 8.34. The van der Waals surface area contributed by atoms with Crippen LogP contribution in [-0.4, -0.2) is 16.8 Å². The van der Waals surface area contributed by atoms with E-state index in [1.165, 1.54) is 12.3 Å². The number of ketones is 1. The van der Waals surface area contributed by atoms with Crippen LogP contribution in [0.1, 0.15) is 66.7 Å². The van der Waals surface area contributed by atoms with Crippen LogP contribution in [0.5, 0.6) is 11.5 Å². The van der Waals surface area contributed by atoms with Gasteiger partial charge in [-0.2, -0.15) is 13.2 Å². The number of benzene rings is 2. The Hall–Kier alpha value is -3.88. The van der Waals surface area contributed by atoms with Gasteiger partial charge in [-0.15, -0.1) is 0 Å². The van der Waals surface area contributed by atoms with Crippen LogP contribution in [0.25, 0.3) is 0 Å². The van der Waals surface area contributed by atoms with Crippen molar-refractivity contribution < 1.29 is 27.5 Å². The Bertz CT molecular complexity index is 1210. The largest absolute Gasteiger partial charge is 0.457 e. The molecule has 9 heteroatoms. The molecule has 0 radical (unpaired) electrons. The van der Waals surface area contributed by atoms with Crippen LogP contribution in [0.2, 0.25) is 0 Å². The number of nitrogens with one attached hydrogen (secondary N) is 2. The molecule has 1 heterocycles. The van der Waals surface area contributed by atoms with Gasteiger partial charge < -0.3 is 15.4 Å². The van der Waals surface area contributed by atoms with Crippen molar-refractivity contribution in [3.05, 3.63) is 83.2 Å². The second-order valence-electron chi connectivity index (χ2n) is 8.53. The molecule has 2 aromatic carbocycles. The summed E-state index contributed by atoms with van der Waals surface area (Å²) in [5, 5.41) is 5.25. The van der Waals surface area contributed by atoms with E-state index >= 15 is 0 Å². The van der Waals surface area contributed by atoms with Crippen LogP contribution in [-0.2, 0) is 19.1 Å². The summed E-state index contributed by atoms with van der Waals surface area (Å²) in [7, 11) is 0. The Morgan fingerprint density at radius 2 is 1.70 bits per heavy atom. The van der Waals surface area contributed by atoms with Crippen molar-refractivity contribution in [1.82, 2.24) is 10.3 Å². The van der Waals surface area contributed by atoms with E-state index in [4.69, 9.17) is 4.74 Å². The molecule has 0 aliphatic heterocycles. The topological polar surface area (TPSA) is 80.3 Å². The first-order chi connectivity index (χ1) is 17.7. The van der Waals surface area contributed by atoms with E-state index in [0.717, 1.165) is 37.0 Å². The van der Waals surface area contributed by atoms with E-state index in [1.54, 1.807) is 43.3 Å². The standard InChI is InChI=1S/C28H30F3N3O3/c1-3-5-6-7-20-10-11-21(28(29,30)31)16-24(20)34-27(36)33-18-19-8-12-22(13-9-19)37-23-14-15-32-25(17-23)26(35)4-2/h8-17H,3-7,18H2,1-2H3,(H2,33,34,36). The van der Waals surface area contributed by atoms with Crippen LogP contribution >= 0.6 is 0 Å². The number of urea groups is 1.